The Morgan fingerprint density at radius 2 is 1.54 bits per heavy atom. The number of anilines is 4. The van der Waals surface area contributed by atoms with E-state index in [1.807, 2.05) is 55.1 Å². The SMILES string of the molecule is Cc1ccc2c(oc3ccccc32)c1N1C=CN(C)C1C.[2H]C([2H])([2H])N1c2nccnc2N(c2ccccc2C)C1C. The lowest BCUT2D eigenvalue weighted by Gasteiger charge is -2.28. The van der Waals surface area contributed by atoms with Gasteiger partial charge < -0.3 is 24.0 Å². The highest BCUT2D eigenvalue weighted by atomic mass is 16.3. The van der Waals surface area contributed by atoms with Crippen molar-refractivity contribution < 1.29 is 8.53 Å². The van der Waals surface area contributed by atoms with E-state index in [1.165, 1.54) is 27.4 Å². The maximum atomic E-state index is 7.76. The molecule has 2 atom stereocenters. The largest absolute Gasteiger partial charge is 0.454 e. The zero-order chi connectivity index (χ0) is 29.8. The maximum Gasteiger partial charge on any atom is 0.178 e. The number of benzene rings is 3. The molecular formula is C32H34N6O. The first-order valence-electron chi connectivity index (χ1n) is 14.6. The quantitative estimate of drug-likeness (QED) is 0.244. The van der Waals surface area contributed by atoms with Gasteiger partial charge in [-0.15, -0.1) is 0 Å². The number of hydrogen-bond acceptors (Lipinski definition) is 7. The van der Waals surface area contributed by atoms with Gasteiger partial charge >= 0.3 is 0 Å². The van der Waals surface area contributed by atoms with Crippen molar-refractivity contribution >= 4 is 44.9 Å². The van der Waals surface area contributed by atoms with Crippen LogP contribution in [-0.4, -0.2) is 41.2 Å². The molecule has 7 nitrogen and oxygen atoms in total. The Bertz CT molecular complexity index is 1800. The van der Waals surface area contributed by atoms with E-state index in [9.17, 15) is 0 Å². The topological polar surface area (TPSA) is 51.9 Å². The first-order chi connectivity index (χ1) is 20.1. The van der Waals surface area contributed by atoms with Crippen molar-refractivity contribution in [2.75, 3.05) is 28.7 Å². The van der Waals surface area contributed by atoms with Crippen molar-refractivity contribution in [2.45, 2.75) is 40.0 Å². The molecule has 5 aromatic rings. The lowest BCUT2D eigenvalue weighted by atomic mass is 10.1. The third-order valence-electron chi connectivity index (χ3n) is 7.67. The summed E-state index contributed by atoms with van der Waals surface area (Å²) < 4.78 is 29.5. The number of rotatable bonds is 2. The van der Waals surface area contributed by atoms with Crippen LogP contribution < -0.4 is 14.7 Å². The number of hydrogen-bond donors (Lipinski definition) is 0. The molecule has 7 rings (SSSR count). The summed E-state index contributed by atoms with van der Waals surface area (Å²) in [5.41, 5.74) is 6.32. The van der Waals surface area contributed by atoms with Gasteiger partial charge in [-0.2, -0.15) is 0 Å². The highest BCUT2D eigenvalue weighted by molar-refractivity contribution is 6.09. The second-order valence-electron chi connectivity index (χ2n) is 10.1. The molecule has 0 aliphatic carbocycles. The molecule has 0 N–H and O–H groups in total. The van der Waals surface area contributed by atoms with Gasteiger partial charge in [0.2, 0.25) is 0 Å². The molecule has 0 saturated carbocycles. The van der Waals surface area contributed by atoms with E-state index in [2.05, 4.69) is 77.3 Å². The number of fused-ring (bicyclic) bond motifs is 4. The van der Waals surface area contributed by atoms with Gasteiger partial charge in [-0.3, -0.25) is 0 Å². The molecule has 0 radical (unpaired) electrons. The van der Waals surface area contributed by atoms with Crippen LogP contribution in [0.25, 0.3) is 21.9 Å². The Balaban J connectivity index is 0.000000150. The second-order valence-corrected chi connectivity index (χ2v) is 10.1. The van der Waals surface area contributed by atoms with Crippen LogP contribution in [0.2, 0.25) is 0 Å². The molecule has 0 saturated heterocycles. The average Bonchev–Trinajstić information content (AvgIpc) is 3.60. The smallest absolute Gasteiger partial charge is 0.178 e. The third kappa shape index (κ3) is 4.05. The molecule has 7 heteroatoms. The summed E-state index contributed by atoms with van der Waals surface area (Å²) >= 11 is 0. The minimum absolute atomic E-state index is 0.294. The molecule has 3 aromatic carbocycles. The van der Waals surface area contributed by atoms with Crippen LogP contribution in [0.5, 0.6) is 0 Å². The van der Waals surface area contributed by atoms with E-state index in [0.717, 1.165) is 28.1 Å². The van der Waals surface area contributed by atoms with Crippen LogP contribution in [0.3, 0.4) is 0 Å². The van der Waals surface area contributed by atoms with Gasteiger partial charge in [-0.25, -0.2) is 9.97 Å². The first-order valence-corrected chi connectivity index (χ1v) is 13.1. The molecule has 198 valence electrons. The van der Waals surface area contributed by atoms with Gasteiger partial charge in [0.1, 0.15) is 17.9 Å². The number of aryl methyl sites for hydroxylation is 2. The van der Waals surface area contributed by atoms with E-state index in [0.29, 0.717) is 17.8 Å². The fourth-order valence-electron chi connectivity index (χ4n) is 5.36. The maximum absolute atomic E-state index is 7.76. The Hall–Kier alpha value is -4.52. The molecule has 2 unspecified atom stereocenters. The van der Waals surface area contributed by atoms with Gasteiger partial charge in [0.25, 0.3) is 0 Å². The minimum atomic E-state index is -2.26. The van der Waals surface area contributed by atoms with E-state index in [-0.39, 0.29) is 6.17 Å². The van der Waals surface area contributed by atoms with Gasteiger partial charge in [0, 0.05) is 59.4 Å². The molecule has 4 heterocycles. The van der Waals surface area contributed by atoms with Crippen molar-refractivity contribution in [1.82, 2.24) is 14.9 Å². The first kappa shape index (κ1) is 21.4. The Morgan fingerprint density at radius 1 is 0.795 bits per heavy atom. The van der Waals surface area contributed by atoms with Crippen LogP contribution in [0.1, 0.15) is 29.1 Å². The number of furan rings is 1. The van der Waals surface area contributed by atoms with E-state index >= 15 is 0 Å². The highest BCUT2D eigenvalue weighted by Gasteiger charge is 2.34. The normalized spacial score (nSPS) is 19.7. The summed E-state index contributed by atoms with van der Waals surface area (Å²) in [5.74, 6) is 0.976. The van der Waals surface area contributed by atoms with Crippen LogP contribution in [0.4, 0.5) is 23.0 Å². The van der Waals surface area contributed by atoms with Crippen LogP contribution in [-0.2, 0) is 0 Å². The molecular weight excluding hydrogens is 484 g/mol. The lowest BCUT2D eigenvalue weighted by molar-refractivity contribution is 0.383. The van der Waals surface area contributed by atoms with Crippen molar-refractivity contribution in [2.24, 2.45) is 0 Å². The van der Waals surface area contributed by atoms with Gasteiger partial charge in [0.15, 0.2) is 17.2 Å². The molecule has 2 aliphatic heterocycles. The van der Waals surface area contributed by atoms with Crippen molar-refractivity contribution in [3.8, 4) is 0 Å². The minimum Gasteiger partial charge on any atom is -0.454 e. The summed E-state index contributed by atoms with van der Waals surface area (Å²) in [6.07, 6.45) is 7.25. The van der Waals surface area contributed by atoms with Gasteiger partial charge in [0.05, 0.1) is 5.69 Å². The number of aromatic nitrogens is 2. The van der Waals surface area contributed by atoms with Crippen LogP contribution in [0, 0.1) is 13.8 Å². The van der Waals surface area contributed by atoms with Crippen molar-refractivity contribution in [3.05, 3.63) is 96.6 Å². The third-order valence-corrected chi connectivity index (χ3v) is 7.67. The van der Waals surface area contributed by atoms with Crippen LogP contribution >= 0.6 is 0 Å². The molecule has 0 bridgehead atoms. The molecule has 2 aromatic heterocycles. The van der Waals surface area contributed by atoms with E-state index in [1.54, 1.807) is 6.20 Å². The lowest BCUT2D eigenvalue weighted by Crippen LogP contribution is -2.36. The highest BCUT2D eigenvalue weighted by Crippen LogP contribution is 2.41. The Morgan fingerprint density at radius 3 is 2.28 bits per heavy atom. The summed E-state index contributed by atoms with van der Waals surface area (Å²) in [5, 5.41) is 2.36. The Labute approximate surface area is 233 Å². The standard InChI is InChI=1S/C18H18N2O.C14H16N4/c1-12-8-9-15-14-6-4-5-7-16(14)21-18(15)17(12)20-11-10-19(3)13(20)2;1-10-6-4-5-7-12(10)18-11(2)17(3)13-14(18)16-9-8-15-13/h4-11,13H,1-3H3;4-9,11H,1-3H3/i;3D3. The molecule has 39 heavy (non-hydrogen) atoms. The average molecular weight is 522 g/mol. The van der Waals surface area contributed by atoms with Crippen molar-refractivity contribution in [3.63, 3.8) is 0 Å². The van der Waals surface area contributed by atoms with E-state index in [4.69, 9.17) is 8.53 Å². The predicted molar refractivity (Wildman–Crippen MR) is 161 cm³/mol. The molecule has 0 spiro atoms. The second kappa shape index (κ2) is 9.66. The zero-order valence-corrected chi connectivity index (χ0v) is 22.8. The summed E-state index contributed by atoms with van der Waals surface area (Å²) in [6.45, 7) is 5.92. The van der Waals surface area contributed by atoms with Gasteiger partial charge in [-0.1, -0.05) is 48.5 Å². The summed E-state index contributed by atoms with van der Waals surface area (Å²) in [4.78, 5) is 16.3. The van der Waals surface area contributed by atoms with Gasteiger partial charge in [-0.05, 0) is 51.0 Å². The Kier molecular flexibility index (Phi) is 5.30. The fraction of sp³-hybridized carbons (Fsp3) is 0.250. The number of nitrogens with zero attached hydrogens (tertiary/aromatic N) is 6. The summed E-state index contributed by atoms with van der Waals surface area (Å²) in [6, 6.07) is 20.4. The number of para-hydroxylation sites is 2. The van der Waals surface area contributed by atoms with Crippen molar-refractivity contribution in [1.29, 1.82) is 0 Å². The van der Waals surface area contributed by atoms with Crippen LogP contribution in [0.15, 0.2) is 89.9 Å². The summed E-state index contributed by atoms with van der Waals surface area (Å²) in [7, 11) is 2.09. The monoisotopic (exact) mass is 521 g/mol. The molecule has 0 amide bonds. The van der Waals surface area contributed by atoms with E-state index < -0.39 is 6.98 Å². The molecule has 2 aliphatic rings. The molecule has 0 fully saturated rings. The predicted octanol–water partition coefficient (Wildman–Crippen LogP) is 7.18. The zero-order valence-electron chi connectivity index (χ0n) is 25.8. The fourth-order valence-corrected chi connectivity index (χ4v) is 5.36.